The van der Waals surface area contributed by atoms with Crippen molar-refractivity contribution in [2.45, 2.75) is 25.5 Å². The summed E-state index contributed by atoms with van der Waals surface area (Å²) in [5.41, 5.74) is 1.18. The minimum Gasteiger partial charge on any atom is -0.478 e. The maximum atomic E-state index is 12.1. The van der Waals surface area contributed by atoms with E-state index in [0.29, 0.717) is 18.7 Å². The number of ether oxygens (including phenoxy) is 2. The Morgan fingerprint density at radius 3 is 2.23 bits per heavy atom. The molecule has 0 aliphatic carbocycles. The van der Waals surface area contributed by atoms with Crippen molar-refractivity contribution in [2.24, 2.45) is 0 Å². The zero-order valence-corrected chi connectivity index (χ0v) is 17.0. The zero-order valence-electron chi connectivity index (χ0n) is 17.0. The molecule has 2 saturated heterocycles. The van der Waals surface area contributed by atoms with Crippen molar-refractivity contribution in [1.29, 1.82) is 0 Å². The van der Waals surface area contributed by atoms with E-state index in [2.05, 4.69) is 17.0 Å². The highest BCUT2D eigenvalue weighted by atomic mass is 16.6. The molecule has 2 aliphatic heterocycles. The number of amides is 1. The fraction of sp³-hybridized carbons (Fsp3) is 0.476. The molecule has 1 aromatic rings. The quantitative estimate of drug-likeness (QED) is 0.644. The van der Waals surface area contributed by atoms with Gasteiger partial charge in [0.15, 0.2) is 0 Å². The first-order chi connectivity index (χ1) is 14.4. The maximum absolute atomic E-state index is 12.1. The average Bonchev–Trinajstić information content (AvgIpc) is 3.06. The van der Waals surface area contributed by atoms with Crippen molar-refractivity contribution in [3.05, 3.63) is 48.0 Å². The molecule has 0 spiro atoms. The third-order valence-corrected chi connectivity index (χ3v) is 4.74. The fourth-order valence-corrected chi connectivity index (χ4v) is 3.33. The largest absolute Gasteiger partial charge is 0.478 e. The summed E-state index contributed by atoms with van der Waals surface area (Å²) in [5, 5.41) is 15.6. The van der Waals surface area contributed by atoms with Crippen molar-refractivity contribution in [3.8, 4) is 0 Å². The molecule has 1 aromatic carbocycles. The normalized spacial score (nSPS) is 20.4. The second-order valence-corrected chi connectivity index (χ2v) is 7.03. The number of nitrogens with zero attached hydrogens (tertiary/aromatic N) is 2. The molecule has 9 nitrogen and oxygen atoms in total. The van der Waals surface area contributed by atoms with Crippen molar-refractivity contribution < 1.29 is 34.1 Å². The topological polar surface area (TPSA) is 117 Å². The highest BCUT2D eigenvalue weighted by Crippen LogP contribution is 2.29. The van der Waals surface area contributed by atoms with Crippen LogP contribution in [0.3, 0.4) is 0 Å². The van der Waals surface area contributed by atoms with Gasteiger partial charge >= 0.3 is 18.0 Å². The van der Waals surface area contributed by atoms with Crippen molar-refractivity contribution in [3.63, 3.8) is 0 Å². The van der Waals surface area contributed by atoms with Gasteiger partial charge in [0.1, 0.15) is 6.10 Å². The highest BCUT2D eigenvalue weighted by molar-refractivity contribution is 5.89. The number of morpholine rings is 1. The minimum absolute atomic E-state index is 0.0258. The monoisotopic (exact) mass is 420 g/mol. The van der Waals surface area contributed by atoms with Crippen LogP contribution in [0.25, 0.3) is 0 Å². The van der Waals surface area contributed by atoms with E-state index in [9.17, 15) is 14.4 Å². The Morgan fingerprint density at radius 2 is 1.73 bits per heavy atom. The molecule has 2 fully saturated rings. The van der Waals surface area contributed by atoms with E-state index >= 15 is 0 Å². The number of carboxylic acid groups (broad SMARTS) is 2. The van der Waals surface area contributed by atoms with E-state index in [-0.39, 0.29) is 18.2 Å². The first kappa shape index (κ1) is 23.4. The molecule has 0 bridgehead atoms. The number of aliphatic carboxylic acids is 2. The van der Waals surface area contributed by atoms with Gasteiger partial charge in [-0.2, -0.15) is 0 Å². The number of carbonyl (C=O) groups is 3. The summed E-state index contributed by atoms with van der Waals surface area (Å²) in [4.78, 5) is 35.5. The molecule has 2 unspecified atom stereocenters. The lowest BCUT2D eigenvalue weighted by molar-refractivity contribution is -0.134. The number of rotatable bonds is 7. The zero-order chi connectivity index (χ0) is 21.9. The Kier molecular flexibility index (Phi) is 9.30. The van der Waals surface area contributed by atoms with E-state index in [1.54, 1.807) is 0 Å². The Labute approximate surface area is 175 Å². The molecule has 2 N–H and O–H groups in total. The summed E-state index contributed by atoms with van der Waals surface area (Å²) in [7, 11) is 0. The first-order valence-electron chi connectivity index (χ1n) is 9.83. The van der Waals surface area contributed by atoms with Gasteiger partial charge in [-0.05, 0) is 18.9 Å². The Bertz CT molecular complexity index is 716. The number of hydrogen-bond donors (Lipinski definition) is 2. The molecule has 9 heteroatoms. The molecule has 3 rings (SSSR count). The minimum atomic E-state index is -1.26. The molecule has 30 heavy (non-hydrogen) atoms. The molecule has 0 saturated carbocycles. The van der Waals surface area contributed by atoms with E-state index in [4.69, 9.17) is 19.7 Å². The highest BCUT2D eigenvalue weighted by Gasteiger charge is 2.34. The number of carbonyl (C=O) groups excluding carboxylic acids is 1. The molecule has 0 radical (unpaired) electrons. The summed E-state index contributed by atoms with van der Waals surface area (Å²) in [6.45, 7) is 7.15. The lowest BCUT2D eigenvalue weighted by atomic mass is 10.0. The number of benzene rings is 1. The average molecular weight is 420 g/mol. The van der Waals surface area contributed by atoms with Crippen LogP contribution in [0.2, 0.25) is 0 Å². The van der Waals surface area contributed by atoms with E-state index in [1.165, 1.54) is 5.56 Å². The number of hydrogen-bond acceptors (Lipinski definition) is 6. The summed E-state index contributed by atoms with van der Waals surface area (Å²) >= 11 is 0. The SMILES string of the molecule is CC1CN(C(CCN2CCOCC2)c2ccccc2)C(=O)O1.O=C(O)C=CC(=O)O. The van der Waals surface area contributed by atoms with Gasteiger partial charge in [0.25, 0.3) is 0 Å². The summed E-state index contributed by atoms with van der Waals surface area (Å²) in [5.74, 6) is -2.51. The molecule has 2 heterocycles. The predicted molar refractivity (Wildman–Crippen MR) is 108 cm³/mol. The van der Waals surface area contributed by atoms with Gasteiger partial charge in [-0.1, -0.05) is 30.3 Å². The van der Waals surface area contributed by atoms with E-state index in [0.717, 1.165) is 39.3 Å². The molecule has 2 aliphatic rings. The van der Waals surface area contributed by atoms with Gasteiger partial charge in [0.2, 0.25) is 0 Å². The van der Waals surface area contributed by atoms with Crippen LogP contribution >= 0.6 is 0 Å². The van der Waals surface area contributed by atoms with Crippen LogP contribution in [0.15, 0.2) is 42.5 Å². The molecule has 2 atom stereocenters. The van der Waals surface area contributed by atoms with Crippen LogP contribution < -0.4 is 0 Å². The van der Waals surface area contributed by atoms with Gasteiger partial charge in [-0.25, -0.2) is 14.4 Å². The van der Waals surface area contributed by atoms with Crippen molar-refractivity contribution >= 4 is 18.0 Å². The molecule has 0 aromatic heterocycles. The predicted octanol–water partition coefficient (Wildman–Crippen LogP) is 2.00. The summed E-state index contributed by atoms with van der Waals surface area (Å²) in [6.07, 6.45) is 1.82. The standard InChI is InChI=1S/C17H24N2O3.C4H4O4/c1-14-13-19(17(20)22-14)16(15-5-3-2-4-6-15)7-8-18-9-11-21-12-10-18;5-3(6)1-2-4(7)8/h2-6,14,16H,7-13H2,1H3;1-2H,(H,5,6)(H,7,8). The van der Waals surface area contributed by atoms with Gasteiger partial charge < -0.3 is 19.7 Å². The van der Waals surface area contributed by atoms with Crippen molar-refractivity contribution in [2.75, 3.05) is 39.4 Å². The number of carboxylic acids is 2. The van der Waals surface area contributed by atoms with E-state index < -0.39 is 11.9 Å². The summed E-state index contributed by atoms with van der Waals surface area (Å²) in [6, 6.07) is 10.3. The van der Waals surface area contributed by atoms with Crippen LogP contribution in [0.1, 0.15) is 24.9 Å². The molecular weight excluding hydrogens is 392 g/mol. The molecule has 164 valence electrons. The van der Waals surface area contributed by atoms with Crippen LogP contribution in [-0.2, 0) is 19.1 Å². The van der Waals surface area contributed by atoms with Crippen LogP contribution in [0.5, 0.6) is 0 Å². The van der Waals surface area contributed by atoms with Gasteiger partial charge in [-0.15, -0.1) is 0 Å². The van der Waals surface area contributed by atoms with Gasteiger partial charge in [0.05, 0.1) is 25.8 Å². The van der Waals surface area contributed by atoms with Gasteiger partial charge in [-0.3, -0.25) is 9.80 Å². The Hall–Kier alpha value is -2.91. The fourth-order valence-electron chi connectivity index (χ4n) is 3.33. The first-order valence-corrected chi connectivity index (χ1v) is 9.83. The van der Waals surface area contributed by atoms with Crippen LogP contribution in [0, 0.1) is 0 Å². The lowest BCUT2D eigenvalue weighted by Crippen LogP contribution is -2.39. The molecule has 1 amide bonds. The van der Waals surface area contributed by atoms with Crippen LogP contribution in [-0.4, -0.2) is 83.5 Å². The Balaban J connectivity index is 0.000000343. The smallest absolute Gasteiger partial charge is 0.410 e. The lowest BCUT2D eigenvalue weighted by Gasteiger charge is -2.31. The maximum Gasteiger partial charge on any atom is 0.410 e. The third kappa shape index (κ3) is 7.84. The van der Waals surface area contributed by atoms with Crippen LogP contribution in [0.4, 0.5) is 4.79 Å². The second kappa shape index (κ2) is 11.9. The Morgan fingerprint density at radius 1 is 1.13 bits per heavy atom. The van der Waals surface area contributed by atoms with E-state index in [1.807, 2.05) is 30.0 Å². The number of cyclic esters (lactones) is 1. The van der Waals surface area contributed by atoms with Crippen molar-refractivity contribution in [1.82, 2.24) is 9.80 Å². The van der Waals surface area contributed by atoms with Gasteiger partial charge in [0, 0.05) is 31.8 Å². The molecular formula is C21H28N2O7. The third-order valence-electron chi connectivity index (χ3n) is 4.74. The second-order valence-electron chi connectivity index (χ2n) is 7.03. The summed E-state index contributed by atoms with van der Waals surface area (Å²) < 4.78 is 10.7.